The molecule has 5 heterocycles. The average Bonchev–Trinajstić information content (AvgIpc) is 3.45. The van der Waals surface area contributed by atoms with Gasteiger partial charge in [-0.3, -0.25) is 19.1 Å². The lowest BCUT2D eigenvalue weighted by molar-refractivity contribution is -0.578. The molecular formula is C40H60N3O12P. The van der Waals surface area contributed by atoms with Gasteiger partial charge in [-0.25, -0.2) is 14.6 Å². The zero-order valence-corrected chi connectivity index (χ0v) is 34.5. The van der Waals surface area contributed by atoms with Gasteiger partial charge in [0.05, 0.1) is 31.9 Å². The zero-order valence-electron chi connectivity index (χ0n) is 33.6. The molecule has 1 saturated carbocycles. The minimum absolute atomic E-state index is 0.00292. The second-order valence-electron chi connectivity index (χ2n) is 16.5. The highest BCUT2D eigenvalue weighted by Gasteiger charge is 2.69. The van der Waals surface area contributed by atoms with Crippen LogP contribution in [0.5, 0.6) is 0 Å². The van der Waals surface area contributed by atoms with Crippen molar-refractivity contribution in [3.05, 3.63) is 47.8 Å². The van der Waals surface area contributed by atoms with Crippen molar-refractivity contribution < 1.29 is 57.1 Å². The minimum Gasteiger partial charge on any atom is -0.465 e. The van der Waals surface area contributed by atoms with Crippen molar-refractivity contribution in [3.63, 3.8) is 0 Å². The third-order valence-corrected chi connectivity index (χ3v) is 13.9. The molecule has 0 radical (unpaired) electrons. The van der Waals surface area contributed by atoms with E-state index in [1.54, 1.807) is 19.9 Å². The highest BCUT2D eigenvalue weighted by atomic mass is 31.2. The lowest BCUT2D eigenvalue weighted by Gasteiger charge is -2.60. The van der Waals surface area contributed by atoms with Crippen LogP contribution < -0.4 is 10.6 Å². The fourth-order valence-electron chi connectivity index (χ4n) is 9.38. The number of carboxylic acid groups (broad SMARTS) is 1. The van der Waals surface area contributed by atoms with Crippen molar-refractivity contribution in [2.75, 3.05) is 19.8 Å². The zero-order chi connectivity index (χ0) is 40.4. The molecule has 2 bridgehead atoms. The van der Waals surface area contributed by atoms with Gasteiger partial charge in [0.25, 0.3) is 0 Å². The molecule has 1 spiro atoms. The summed E-state index contributed by atoms with van der Waals surface area (Å²) in [6.07, 6.45) is 1.98. The fraction of sp³-hybridized carbons (Fsp3) is 0.725. The van der Waals surface area contributed by atoms with E-state index in [0.717, 1.165) is 24.2 Å². The van der Waals surface area contributed by atoms with Crippen LogP contribution >= 0.6 is 7.60 Å². The maximum Gasteiger partial charge on any atom is 0.408 e. The number of nitrogens with zero attached hydrogens (tertiary/aromatic N) is 1. The Balaban J connectivity index is 1.16. The third-order valence-electron chi connectivity index (χ3n) is 12.1. The van der Waals surface area contributed by atoms with E-state index < -0.39 is 73.7 Å². The Hall–Kier alpha value is -2.88. The summed E-state index contributed by atoms with van der Waals surface area (Å²) in [4.78, 5) is 53.8. The van der Waals surface area contributed by atoms with Crippen LogP contribution in [0.15, 0.2) is 42.2 Å². The van der Waals surface area contributed by atoms with E-state index in [4.69, 9.17) is 33.0 Å². The number of carbonyl (C=O) groups is 3. The number of benzene rings is 1. The molecule has 3 N–H and O–H groups in total. The molecule has 0 aromatic heterocycles. The molecule has 1 aromatic rings. The number of hydrogen-bond donors (Lipinski definition) is 3. The number of rotatable bonds is 15. The lowest BCUT2D eigenvalue weighted by Crippen LogP contribution is -2.70. The number of carbonyl (C=O) groups excluding carboxylic acids is 2. The summed E-state index contributed by atoms with van der Waals surface area (Å²) in [7, 11) is -3.59. The Morgan fingerprint density at radius 3 is 2.41 bits per heavy atom. The molecule has 56 heavy (non-hydrogen) atoms. The van der Waals surface area contributed by atoms with E-state index in [1.165, 1.54) is 5.82 Å². The predicted octanol–water partition coefficient (Wildman–Crippen LogP) is 6.50. The molecule has 0 unspecified atom stereocenters. The number of hydrogen-bond acceptors (Lipinski definition) is 11. The summed E-state index contributed by atoms with van der Waals surface area (Å²) in [5, 5.41) is 16.1. The van der Waals surface area contributed by atoms with E-state index in [1.807, 2.05) is 51.1 Å². The first-order valence-corrected chi connectivity index (χ1v) is 21.8. The van der Waals surface area contributed by atoms with Crippen molar-refractivity contribution in [2.24, 2.45) is 29.6 Å². The molecule has 7 rings (SSSR count). The van der Waals surface area contributed by atoms with Gasteiger partial charge >= 0.3 is 13.7 Å². The summed E-state index contributed by atoms with van der Waals surface area (Å²) < 4.78 is 43.7. The highest BCUT2D eigenvalue weighted by Crippen LogP contribution is 2.60. The van der Waals surface area contributed by atoms with Crippen LogP contribution in [0.3, 0.4) is 0 Å². The largest absolute Gasteiger partial charge is 0.465 e. The maximum atomic E-state index is 14.0. The first-order chi connectivity index (χ1) is 26.6. The molecule has 5 aliphatic heterocycles. The van der Waals surface area contributed by atoms with Gasteiger partial charge in [0.1, 0.15) is 12.1 Å². The molecule has 1 aliphatic carbocycles. The van der Waals surface area contributed by atoms with Crippen LogP contribution in [-0.2, 0) is 47.2 Å². The summed E-state index contributed by atoms with van der Waals surface area (Å²) in [5.74, 6) is -0.248. The van der Waals surface area contributed by atoms with Gasteiger partial charge in [0, 0.05) is 30.5 Å². The van der Waals surface area contributed by atoms with Crippen molar-refractivity contribution in [2.45, 2.75) is 135 Å². The molecule has 1 aromatic carbocycles. The fourth-order valence-corrected chi connectivity index (χ4v) is 10.7. The van der Waals surface area contributed by atoms with E-state index in [0.29, 0.717) is 17.9 Å². The summed E-state index contributed by atoms with van der Waals surface area (Å²) >= 11 is 0. The summed E-state index contributed by atoms with van der Waals surface area (Å²) in [6.45, 7) is 13.7. The lowest BCUT2D eigenvalue weighted by atomic mass is 9.58. The number of ether oxygens (including phenoxy) is 3. The first kappa shape index (κ1) is 42.7. The van der Waals surface area contributed by atoms with Gasteiger partial charge in [-0.2, -0.15) is 0 Å². The van der Waals surface area contributed by atoms with Gasteiger partial charge in [0.2, 0.25) is 17.6 Å². The number of nitrogens with one attached hydrogen (secondary N) is 2. The number of amides is 3. The van der Waals surface area contributed by atoms with Crippen LogP contribution in [0.2, 0.25) is 0 Å². The second kappa shape index (κ2) is 17.5. The topological polar surface area (TPSA) is 180 Å². The minimum atomic E-state index is -3.59. The Morgan fingerprint density at radius 1 is 1.04 bits per heavy atom. The van der Waals surface area contributed by atoms with Crippen molar-refractivity contribution in [1.29, 1.82) is 0 Å². The smallest absolute Gasteiger partial charge is 0.408 e. The molecular weight excluding hydrogens is 745 g/mol. The summed E-state index contributed by atoms with van der Waals surface area (Å²) in [6, 6.07) is 6.26. The van der Waals surface area contributed by atoms with Crippen LogP contribution in [-0.4, -0.2) is 89.8 Å². The first-order valence-electron chi connectivity index (χ1n) is 20.2. The molecule has 12 atom stereocenters. The van der Waals surface area contributed by atoms with Crippen molar-refractivity contribution in [1.82, 2.24) is 15.5 Å². The standard InChI is InChI=1S/C40H60N3O12P/c1-8-49-56(48,50-9-2)20-18-31(27-13-11-10-12-14-27)41-34(44)32(21-24(3)4)42-35(45)33-22-28(23-43(33)38(46)47)51-36-26(6)30-16-15-25(5)29-17-19-39(7)53-37(52-36)40(29,30)55-54-39/h10-14,18,20,24-26,28-33,36-37H,8-9,15-17,19,21-23H2,1-7H3,(H,41,44)(H,42,45)(H,46,47)/b20-18+/t25-,26-,28-,29+,30+,31-,32+,33+,36+,37-,39-,40-/m1/s1. The molecule has 15 nitrogen and oxygen atoms in total. The van der Waals surface area contributed by atoms with Crippen LogP contribution in [0, 0.1) is 29.6 Å². The monoisotopic (exact) mass is 805 g/mol. The Morgan fingerprint density at radius 2 is 1.75 bits per heavy atom. The van der Waals surface area contributed by atoms with Gasteiger partial charge in [-0.1, -0.05) is 58.0 Å². The van der Waals surface area contributed by atoms with Crippen LogP contribution in [0.25, 0.3) is 0 Å². The number of fused-ring (bicyclic) bond motifs is 2. The maximum absolute atomic E-state index is 14.0. The van der Waals surface area contributed by atoms with Gasteiger partial charge in [-0.05, 0) is 75.8 Å². The predicted molar refractivity (Wildman–Crippen MR) is 204 cm³/mol. The second-order valence-corrected chi connectivity index (χ2v) is 18.4. The van der Waals surface area contributed by atoms with Gasteiger partial charge in [-0.15, -0.1) is 0 Å². The SMILES string of the molecule is CCOP(=O)(/C=C/[C@@H](NC(=O)[C@H](CC(C)C)NC(=O)[C@@H]1C[C@@H](O[C@H]2O[C@@H]3O[C@@]4(C)CC[C@H]5[C@H](C)CC[C@@H]([C@H]2C)[C@@]35OO4)CN1C(=O)O)c1ccccc1)OCC. The van der Waals surface area contributed by atoms with Crippen molar-refractivity contribution in [3.8, 4) is 0 Å². The molecule has 16 heteroatoms. The quantitative estimate of drug-likeness (QED) is 0.130. The molecule has 3 amide bonds. The van der Waals surface area contributed by atoms with Gasteiger partial charge in [0.15, 0.2) is 18.2 Å². The van der Waals surface area contributed by atoms with E-state index in [9.17, 15) is 24.1 Å². The Kier molecular flexibility index (Phi) is 13.4. The molecule has 5 saturated heterocycles. The average molecular weight is 806 g/mol. The normalized spacial score (nSPS) is 35.2. The Labute approximate surface area is 329 Å². The third kappa shape index (κ3) is 8.90. The van der Waals surface area contributed by atoms with Gasteiger partial charge < -0.3 is 39.0 Å². The van der Waals surface area contributed by atoms with E-state index >= 15 is 0 Å². The summed E-state index contributed by atoms with van der Waals surface area (Å²) in [5.41, 5.74) is -0.0659. The molecule has 312 valence electrons. The Bertz CT molecular complexity index is 1620. The molecule has 6 fully saturated rings. The van der Waals surface area contributed by atoms with Crippen LogP contribution in [0.1, 0.15) is 98.6 Å². The van der Waals surface area contributed by atoms with E-state index in [-0.39, 0.29) is 56.3 Å². The highest BCUT2D eigenvalue weighted by molar-refractivity contribution is 7.57. The molecule has 6 aliphatic rings. The van der Waals surface area contributed by atoms with Crippen LogP contribution in [0.4, 0.5) is 4.79 Å². The number of likely N-dealkylation sites (tertiary alicyclic amines) is 1. The van der Waals surface area contributed by atoms with E-state index in [2.05, 4.69) is 24.5 Å². The van der Waals surface area contributed by atoms with Crippen molar-refractivity contribution >= 4 is 25.5 Å².